The van der Waals surface area contributed by atoms with Crippen molar-refractivity contribution in [2.24, 2.45) is 0 Å². The fourth-order valence-corrected chi connectivity index (χ4v) is 1.71. The third-order valence-corrected chi connectivity index (χ3v) is 2.60. The SMILES string of the molecule is Cc1cnc(N(C)CC2=CCCC=C2)nc1. The fourth-order valence-electron chi connectivity index (χ4n) is 1.71. The van der Waals surface area contributed by atoms with Gasteiger partial charge in [0, 0.05) is 26.0 Å². The van der Waals surface area contributed by atoms with Gasteiger partial charge in [-0.1, -0.05) is 18.2 Å². The molecule has 0 bridgehead atoms. The lowest BCUT2D eigenvalue weighted by molar-refractivity contribution is 0.901. The molecule has 0 N–H and O–H groups in total. The molecule has 16 heavy (non-hydrogen) atoms. The van der Waals surface area contributed by atoms with Crippen molar-refractivity contribution in [3.63, 3.8) is 0 Å². The Kier molecular flexibility index (Phi) is 3.34. The van der Waals surface area contributed by atoms with Crippen molar-refractivity contribution < 1.29 is 0 Å². The summed E-state index contributed by atoms with van der Waals surface area (Å²) >= 11 is 0. The van der Waals surface area contributed by atoms with Crippen molar-refractivity contribution in [1.82, 2.24) is 9.97 Å². The third kappa shape index (κ3) is 2.69. The first kappa shape index (κ1) is 10.9. The normalized spacial score (nSPS) is 14.8. The minimum Gasteiger partial charge on any atom is -0.340 e. The highest BCUT2D eigenvalue weighted by atomic mass is 15.2. The van der Waals surface area contributed by atoms with Crippen LogP contribution in [-0.2, 0) is 0 Å². The van der Waals surface area contributed by atoms with Gasteiger partial charge in [0.15, 0.2) is 0 Å². The van der Waals surface area contributed by atoms with E-state index in [4.69, 9.17) is 0 Å². The average Bonchev–Trinajstić information content (AvgIpc) is 2.31. The van der Waals surface area contributed by atoms with Gasteiger partial charge >= 0.3 is 0 Å². The van der Waals surface area contributed by atoms with Gasteiger partial charge in [-0.15, -0.1) is 0 Å². The molecular weight excluding hydrogens is 198 g/mol. The summed E-state index contributed by atoms with van der Waals surface area (Å²) in [6.07, 6.45) is 12.7. The van der Waals surface area contributed by atoms with E-state index in [0.29, 0.717) is 0 Å². The summed E-state index contributed by atoms with van der Waals surface area (Å²) < 4.78 is 0. The number of aromatic nitrogens is 2. The van der Waals surface area contributed by atoms with E-state index in [2.05, 4.69) is 33.1 Å². The molecule has 0 aliphatic heterocycles. The van der Waals surface area contributed by atoms with Crippen LogP contribution in [0.3, 0.4) is 0 Å². The average molecular weight is 215 g/mol. The molecule has 84 valence electrons. The van der Waals surface area contributed by atoms with Crippen LogP contribution in [0.25, 0.3) is 0 Å². The number of rotatable bonds is 3. The van der Waals surface area contributed by atoms with E-state index in [1.165, 1.54) is 5.57 Å². The van der Waals surface area contributed by atoms with Crippen molar-refractivity contribution in [3.05, 3.63) is 41.8 Å². The Bertz CT molecular complexity index is 404. The molecule has 1 aromatic rings. The molecule has 3 nitrogen and oxygen atoms in total. The van der Waals surface area contributed by atoms with E-state index < -0.39 is 0 Å². The molecule has 0 atom stereocenters. The van der Waals surface area contributed by atoms with Crippen LogP contribution in [0.2, 0.25) is 0 Å². The van der Waals surface area contributed by atoms with E-state index in [-0.39, 0.29) is 0 Å². The van der Waals surface area contributed by atoms with Gasteiger partial charge in [0.1, 0.15) is 0 Å². The number of aryl methyl sites for hydroxylation is 1. The third-order valence-electron chi connectivity index (χ3n) is 2.60. The van der Waals surface area contributed by atoms with Crippen LogP contribution in [0.15, 0.2) is 36.2 Å². The fraction of sp³-hybridized carbons (Fsp3) is 0.385. The van der Waals surface area contributed by atoms with Gasteiger partial charge in [0.25, 0.3) is 0 Å². The highest BCUT2D eigenvalue weighted by molar-refractivity contribution is 5.35. The van der Waals surface area contributed by atoms with Crippen LogP contribution >= 0.6 is 0 Å². The molecule has 1 aliphatic carbocycles. The zero-order valence-corrected chi connectivity index (χ0v) is 9.85. The lowest BCUT2D eigenvalue weighted by atomic mass is 10.1. The first-order valence-corrected chi connectivity index (χ1v) is 5.61. The minimum atomic E-state index is 0.783. The number of likely N-dealkylation sites (N-methyl/N-ethyl adjacent to an activating group) is 1. The lowest BCUT2D eigenvalue weighted by Crippen LogP contribution is -2.22. The molecule has 0 amide bonds. The van der Waals surface area contributed by atoms with Gasteiger partial charge in [0.05, 0.1) is 0 Å². The van der Waals surface area contributed by atoms with Gasteiger partial charge < -0.3 is 4.90 Å². The van der Waals surface area contributed by atoms with Gasteiger partial charge in [-0.05, 0) is 30.9 Å². The Hall–Kier alpha value is -1.64. The van der Waals surface area contributed by atoms with E-state index in [1.807, 2.05) is 26.4 Å². The van der Waals surface area contributed by atoms with Crippen LogP contribution in [0.1, 0.15) is 18.4 Å². The molecule has 0 spiro atoms. The van der Waals surface area contributed by atoms with Crippen molar-refractivity contribution in [2.75, 3.05) is 18.5 Å². The molecule has 0 radical (unpaired) electrons. The van der Waals surface area contributed by atoms with E-state index >= 15 is 0 Å². The summed E-state index contributed by atoms with van der Waals surface area (Å²) in [5.74, 6) is 0.783. The standard InChI is InChI=1S/C13H17N3/c1-11-8-14-13(15-9-11)16(2)10-12-6-4-3-5-7-12/h4,6-9H,3,5,10H2,1-2H3. The smallest absolute Gasteiger partial charge is 0.225 e. The number of hydrogen-bond acceptors (Lipinski definition) is 3. The topological polar surface area (TPSA) is 29.0 Å². The Balaban J connectivity index is 2.02. The molecule has 0 saturated carbocycles. The monoisotopic (exact) mass is 215 g/mol. The molecule has 0 unspecified atom stereocenters. The van der Waals surface area contributed by atoms with Crippen LogP contribution in [0.5, 0.6) is 0 Å². The Morgan fingerprint density at radius 2 is 2.00 bits per heavy atom. The van der Waals surface area contributed by atoms with Gasteiger partial charge in [0.2, 0.25) is 5.95 Å². The predicted molar refractivity (Wildman–Crippen MR) is 66.5 cm³/mol. The minimum absolute atomic E-state index is 0.783. The molecule has 0 saturated heterocycles. The summed E-state index contributed by atoms with van der Waals surface area (Å²) in [5, 5.41) is 0. The van der Waals surface area contributed by atoms with Crippen molar-refractivity contribution in [2.45, 2.75) is 19.8 Å². The maximum Gasteiger partial charge on any atom is 0.225 e. The maximum absolute atomic E-state index is 4.31. The number of allylic oxidation sites excluding steroid dienone is 2. The van der Waals surface area contributed by atoms with Crippen molar-refractivity contribution in [1.29, 1.82) is 0 Å². The summed E-state index contributed by atoms with van der Waals surface area (Å²) in [6, 6.07) is 0. The second kappa shape index (κ2) is 4.92. The molecule has 1 aromatic heterocycles. The van der Waals surface area contributed by atoms with Gasteiger partial charge in [-0.2, -0.15) is 0 Å². The second-order valence-corrected chi connectivity index (χ2v) is 4.18. The largest absolute Gasteiger partial charge is 0.340 e. The van der Waals surface area contributed by atoms with Crippen LogP contribution < -0.4 is 4.90 Å². The highest BCUT2D eigenvalue weighted by Gasteiger charge is 2.06. The summed E-state index contributed by atoms with van der Waals surface area (Å²) in [6.45, 7) is 2.87. The van der Waals surface area contributed by atoms with E-state index in [9.17, 15) is 0 Å². The maximum atomic E-state index is 4.31. The zero-order valence-electron chi connectivity index (χ0n) is 9.85. The first-order valence-electron chi connectivity index (χ1n) is 5.61. The predicted octanol–water partition coefficient (Wildman–Crippen LogP) is 2.50. The Labute approximate surface area is 96.5 Å². The Morgan fingerprint density at radius 3 is 2.62 bits per heavy atom. The van der Waals surface area contributed by atoms with Gasteiger partial charge in [-0.25, -0.2) is 9.97 Å². The number of nitrogens with zero attached hydrogens (tertiary/aromatic N) is 3. The Morgan fingerprint density at radius 1 is 1.25 bits per heavy atom. The lowest BCUT2D eigenvalue weighted by Gasteiger charge is -2.18. The van der Waals surface area contributed by atoms with Crippen molar-refractivity contribution >= 4 is 5.95 Å². The van der Waals surface area contributed by atoms with Gasteiger partial charge in [-0.3, -0.25) is 0 Å². The number of hydrogen-bond donors (Lipinski definition) is 0. The molecule has 1 heterocycles. The molecular formula is C13H17N3. The number of anilines is 1. The molecule has 2 rings (SSSR count). The molecule has 3 heteroatoms. The summed E-state index contributed by atoms with van der Waals surface area (Å²) in [4.78, 5) is 10.7. The molecule has 0 fully saturated rings. The highest BCUT2D eigenvalue weighted by Crippen LogP contribution is 2.13. The quantitative estimate of drug-likeness (QED) is 0.775. The van der Waals surface area contributed by atoms with Crippen LogP contribution in [0.4, 0.5) is 5.95 Å². The molecule has 0 aromatic carbocycles. The van der Waals surface area contributed by atoms with Crippen LogP contribution in [-0.4, -0.2) is 23.6 Å². The summed E-state index contributed by atoms with van der Waals surface area (Å²) in [7, 11) is 2.02. The van der Waals surface area contributed by atoms with E-state index in [0.717, 1.165) is 30.9 Å². The zero-order chi connectivity index (χ0) is 11.4. The second-order valence-electron chi connectivity index (χ2n) is 4.18. The first-order chi connectivity index (χ1) is 7.75. The molecule has 1 aliphatic rings. The van der Waals surface area contributed by atoms with Crippen LogP contribution in [0, 0.1) is 6.92 Å². The van der Waals surface area contributed by atoms with E-state index in [1.54, 1.807) is 0 Å². The van der Waals surface area contributed by atoms with Crippen molar-refractivity contribution in [3.8, 4) is 0 Å². The summed E-state index contributed by atoms with van der Waals surface area (Å²) in [5.41, 5.74) is 2.44.